The number of nitro benzene ring substituents is 1. The van der Waals surface area contributed by atoms with Crippen molar-refractivity contribution < 1.29 is 9.66 Å². The molecule has 6 heteroatoms. The summed E-state index contributed by atoms with van der Waals surface area (Å²) in [5.74, 6) is 0. The van der Waals surface area contributed by atoms with Gasteiger partial charge in [0.05, 0.1) is 24.2 Å². The van der Waals surface area contributed by atoms with Crippen LogP contribution in [0.25, 0.3) is 0 Å². The summed E-state index contributed by atoms with van der Waals surface area (Å²) in [5.41, 5.74) is 1.86. The fourth-order valence-corrected chi connectivity index (χ4v) is 3.01. The number of hydrogen-bond donors (Lipinski definition) is 1. The zero-order chi connectivity index (χ0) is 16.8. The molecule has 1 N–H and O–H groups in total. The van der Waals surface area contributed by atoms with Crippen molar-refractivity contribution in [2.75, 3.05) is 38.2 Å². The third-order valence-corrected chi connectivity index (χ3v) is 4.26. The van der Waals surface area contributed by atoms with Crippen LogP contribution in [0.1, 0.15) is 11.6 Å². The number of hydrogen-bond acceptors (Lipinski definition) is 5. The summed E-state index contributed by atoms with van der Waals surface area (Å²) in [6, 6.07) is 17.1. The number of nitrogens with one attached hydrogen (secondary N) is 1. The molecule has 1 fully saturated rings. The fourth-order valence-electron chi connectivity index (χ4n) is 3.01. The molecule has 3 rings (SSSR count). The van der Waals surface area contributed by atoms with Gasteiger partial charge < -0.3 is 10.1 Å². The first-order valence-corrected chi connectivity index (χ1v) is 8.10. The monoisotopic (exact) mass is 327 g/mol. The molecule has 1 atom stereocenters. The molecule has 0 spiro atoms. The predicted molar refractivity (Wildman–Crippen MR) is 93.2 cm³/mol. The van der Waals surface area contributed by atoms with Crippen LogP contribution in [0.4, 0.5) is 11.4 Å². The summed E-state index contributed by atoms with van der Waals surface area (Å²) in [6.45, 7) is 3.76. The first-order valence-electron chi connectivity index (χ1n) is 8.10. The molecule has 0 aliphatic carbocycles. The zero-order valence-corrected chi connectivity index (χ0v) is 13.4. The molecule has 1 saturated heterocycles. The van der Waals surface area contributed by atoms with E-state index in [2.05, 4.69) is 22.3 Å². The van der Waals surface area contributed by atoms with E-state index in [9.17, 15) is 10.1 Å². The molecule has 0 amide bonds. The minimum atomic E-state index is -0.353. The van der Waals surface area contributed by atoms with Crippen molar-refractivity contribution in [3.63, 3.8) is 0 Å². The van der Waals surface area contributed by atoms with E-state index in [1.165, 1.54) is 11.6 Å². The highest BCUT2D eigenvalue weighted by atomic mass is 16.6. The number of nitro groups is 1. The summed E-state index contributed by atoms with van der Waals surface area (Å²) in [6.07, 6.45) is 0. The molecule has 1 aliphatic heterocycles. The van der Waals surface area contributed by atoms with E-state index < -0.39 is 0 Å². The maximum atomic E-state index is 11.2. The number of benzene rings is 2. The van der Waals surface area contributed by atoms with Crippen LogP contribution in [0.5, 0.6) is 0 Å². The standard InChI is InChI=1S/C18H21N3O3/c22-21(23)17-9-5-4-8-16(17)19-14-18(15-6-2-1-3-7-15)20-10-12-24-13-11-20/h1-9,18-19H,10-14H2/t18-/m0/s1. The van der Waals surface area contributed by atoms with Crippen LogP contribution < -0.4 is 5.32 Å². The Morgan fingerprint density at radius 1 is 1.08 bits per heavy atom. The molecule has 1 aliphatic rings. The number of anilines is 1. The van der Waals surface area contributed by atoms with Gasteiger partial charge in [0.2, 0.25) is 0 Å². The van der Waals surface area contributed by atoms with Crippen LogP contribution in [-0.4, -0.2) is 42.7 Å². The Balaban J connectivity index is 1.78. The fraction of sp³-hybridized carbons (Fsp3) is 0.333. The van der Waals surface area contributed by atoms with Gasteiger partial charge in [-0.25, -0.2) is 0 Å². The van der Waals surface area contributed by atoms with Gasteiger partial charge in [0.25, 0.3) is 5.69 Å². The highest BCUT2D eigenvalue weighted by molar-refractivity contribution is 5.61. The molecule has 0 aromatic heterocycles. The molecule has 0 saturated carbocycles. The maximum Gasteiger partial charge on any atom is 0.292 e. The topological polar surface area (TPSA) is 67.6 Å². The average molecular weight is 327 g/mol. The van der Waals surface area contributed by atoms with E-state index in [0.717, 1.165) is 26.3 Å². The highest BCUT2D eigenvalue weighted by Crippen LogP contribution is 2.26. The van der Waals surface area contributed by atoms with Crippen molar-refractivity contribution in [2.45, 2.75) is 6.04 Å². The zero-order valence-electron chi connectivity index (χ0n) is 13.4. The van der Waals surface area contributed by atoms with Crippen LogP contribution in [-0.2, 0) is 4.74 Å². The van der Waals surface area contributed by atoms with E-state index in [1.807, 2.05) is 24.3 Å². The van der Waals surface area contributed by atoms with E-state index in [0.29, 0.717) is 12.2 Å². The lowest BCUT2D eigenvalue weighted by molar-refractivity contribution is -0.384. The highest BCUT2D eigenvalue weighted by Gasteiger charge is 2.23. The van der Waals surface area contributed by atoms with Gasteiger partial charge in [0.15, 0.2) is 0 Å². The molecule has 0 unspecified atom stereocenters. The van der Waals surface area contributed by atoms with Crippen molar-refractivity contribution in [2.24, 2.45) is 0 Å². The lowest BCUT2D eigenvalue weighted by Gasteiger charge is -2.35. The van der Waals surface area contributed by atoms with Crippen molar-refractivity contribution in [3.05, 3.63) is 70.3 Å². The number of nitrogens with zero attached hydrogens (tertiary/aromatic N) is 2. The van der Waals surface area contributed by atoms with Crippen molar-refractivity contribution >= 4 is 11.4 Å². The second-order valence-corrected chi connectivity index (χ2v) is 5.73. The van der Waals surface area contributed by atoms with Gasteiger partial charge in [-0.05, 0) is 11.6 Å². The normalized spacial score (nSPS) is 16.5. The molecule has 0 radical (unpaired) electrons. The summed E-state index contributed by atoms with van der Waals surface area (Å²) in [5, 5.41) is 14.4. The Bertz CT molecular complexity index is 672. The molecule has 2 aromatic carbocycles. The van der Waals surface area contributed by atoms with Crippen LogP contribution >= 0.6 is 0 Å². The largest absolute Gasteiger partial charge is 0.379 e. The van der Waals surface area contributed by atoms with Gasteiger partial charge in [-0.15, -0.1) is 0 Å². The first kappa shape index (κ1) is 16.4. The summed E-state index contributed by atoms with van der Waals surface area (Å²) < 4.78 is 5.45. The molecule has 126 valence electrons. The molecule has 2 aromatic rings. The molecule has 0 bridgehead atoms. The second kappa shape index (κ2) is 7.90. The summed E-state index contributed by atoms with van der Waals surface area (Å²) in [4.78, 5) is 13.2. The van der Waals surface area contributed by atoms with E-state index in [4.69, 9.17) is 4.74 Å². The minimum absolute atomic E-state index is 0.103. The quantitative estimate of drug-likeness (QED) is 0.652. The smallest absolute Gasteiger partial charge is 0.292 e. The Labute approximate surface area is 141 Å². The van der Waals surface area contributed by atoms with E-state index in [-0.39, 0.29) is 16.7 Å². The molecule has 6 nitrogen and oxygen atoms in total. The van der Waals surface area contributed by atoms with E-state index in [1.54, 1.807) is 12.1 Å². The van der Waals surface area contributed by atoms with Gasteiger partial charge in [-0.2, -0.15) is 0 Å². The van der Waals surface area contributed by atoms with Crippen molar-refractivity contribution in [3.8, 4) is 0 Å². The van der Waals surface area contributed by atoms with Crippen LogP contribution in [0.3, 0.4) is 0 Å². The molecule has 1 heterocycles. The Morgan fingerprint density at radius 3 is 2.46 bits per heavy atom. The summed E-state index contributed by atoms with van der Waals surface area (Å²) in [7, 11) is 0. The maximum absolute atomic E-state index is 11.2. The molecular formula is C18H21N3O3. The summed E-state index contributed by atoms with van der Waals surface area (Å²) >= 11 is 0. The van der Waals surface area contributed by atoms with Gasteiger partial charge >= 0.3 is 0 Å². The Hall–Kier alpha value is -2.44. The number of morpholine rings is 1. The SMILES string of the molecule is O=[N+]([O-])c1ccccc1NC[C@@H](c1ccccc1)N1CCOCC1. The number of para-hydroxylation sites is 2. The van der Waals surface area contributed by atoms with E-state index >= 15 is 0 Å². The molecule has 24 heavy (non-hydrogen) atoms. The first-order chi connectivity index (χ1) is 11.8. The van der Waals surface area contributed by atoms with Crippen LogP contribution in [0, 0.1) is 10.1 Å². The second-order valence-electron chi connectivity index (χ2n) is 5.73. The third-order valence-electron chi connectivity index (χ3n) is 4.26. The van der Waals surface area contributed by atoms with Crippen molar-refractivity contribution in [1.82, 2.24) is 4.90 Å². The Kier molecular flexibility index (Phi) is 5.40. The lowest BCUT2D eigenvalue weighted by atomic mass is 10.0. The Morgan fingerprint density at radius 2 is 1.75 bits per heavy atom. The average Bonchev–Trinajstić information content (AvgIpc) is 2.64. The van der Waals surface area contributed by atoms with Gasteiger partial charge in [-0.1, -0.05) is 42.5 Å². The predicted octanol–water partition coefficient (Wildman–Crippen LogP) is 3.08. The minimum Gasteiger partial charge on any atom is -0.379 e. The van der Waals surface area contributed by atoms with Gasteiger partial charge in [0, 0.05) is 25.7 Å². The number of rotatable bonds is 6. The molecular weight excluding hydrogens is 306 g/mol. The van der Waals surface area contributed by atoms with Crippen LogP contribution in [0.2, 0.25) is 0 Å². The van der Waals surface area contributed by atoms with Crippen molar-refractivity contribution in [1.29, 1.82) is 0 Å². The number of ether oxygens (including phenoxy) is 1. The van der Waals surface area contributed by atoms with Gasteiger partial charge in [-0.3, -0.25) is 15.0 Å². The van der Waals surface area contributed by atoms with Crippen LogP contribution in [0.15, 0.2) is 54.6 Å². The third kappa shape index (κ3) is 3.90. The van der Waals surface area contributed by atoms with Gasteiger partial charge in [0.1, 0.15) is 5.69 Å². The lowest BCUT2D eigenvalue weighted by Crippen LogP contribution is -2.41.